The lowest BCUT2D eigenvalue weighted by molar-refractivity contribution is -0.118. The summed E-state index contributed by atoms with van der Waals surface area (Å²) in [7, 11) is 0. The number of nitrogens with one attached hydrogen (secondary N) is 1. The number of hydrogen-bond donors (Lipinski definition) is 1. The quantitative estimate of drug-likeness (QED) is 0.200. The van der Waals surface area contributed by atoms with Gasteiger partial charge in [-0.05, 0) is 48.9 Å². The normalized spacial score (nSPS) is 11.1. The number of amides is 1. The minimum absolute atomic E-state index is 0.118. The summed E-state index contributed by atoms with van der Waals surface area (Å²) < 4.78 is 1.91. The Morgan fingerprint density at radius 2 is 1.79 bits per heavy atom. The molecule has 166 valence electrons. The van der Waals surface area contributed by atoms with E-state index < -0.39 is 0 Å². The number of aromatic nitrogens is 3. The first-order valence-corrected chi connectivity index (χ1v) is 11.7. The minimum Gasteiger partial charge on any atom is -0.272 e. The number of rotatable bonds is 7. The van der Waals surface area contributed by atoms with E-state index in [0.717, 1.165) is 22.4 Å². The molecule has 0 radical (unpaired) electrons. The highest BCUT2D eigenvalue weighted by Gasteiger charge is 2.17. The van der Waals surface area contributed by atoms with E-state index in [1.165, 1.54) is 11.8 Å². The molecule has 3 aromatic carbocycles. The van der Waals surface area contributed by atoms with Gasteiger partial charge in [0.05, 0.1) is 12.0 Å². The van der Waals surface area contributed by atoms with Crippen LogP contribution in [-0.2, 0) is 4.79 Å². The Hall–Kier alpha value is -3.13. The Morgan fingerprint density at radius 1 is 1.03 bits per heavy atom. The third-order valence-corrected chi connectivity index (χ3v) is 6.03. The van der Waals surface area contributed by atoms with E-state index in [1.54, 1.807) is 18.3 Å². The lowest BCUT2D eigenvalue weighted by Gasteiger charge is -2.10. The molecule has 0 atom stereocenters. The number of carbonyl (C=O) groups excluding carboxylic acids is 1. The Balaban J connectivity index is 1.51. The Kier molecular flexibility index (Phi) is 7.44. The van der Waals surface area contributed by atoms with Crippen molar-refractivity contribution in [3.63, 3.8) is 0 Å². The number of carbonyl (C=O) groups is 1. The van der Waals surface area contributed by atoms with E-state index in [4.69, 9.17) is 23.2 Å². The number of halogens is 2. The third kappa shape index (κ3) is 6.01. The van der Waals surface area contributed by atoms with E-state index >= 15 is 0 Å². The molecular weight excluding hydrogens is 477 g/mol. The van der Waals surface area contributed by atoms with Crippen molar-refractivity contribution in [2.75, 3.05) is 5.75 Å². The first-order chi connectivity index (χ1) is 16.0. The van der Waals surface area contributed by atoms with Crippen LogP contribution < -0.4 is 5.43 Å². The van der Waals surface area contributed by atoms with Crippen molar-refractivity contribution in [3.8, 4) is 17.1 Å². The summed E-state index contributed by atoms with van der Waals surface area (Å²) in [6, 6.07) is 22.6. The average molecular weight is 496 g/mol. The van der Waals surface area contributed by atoms with Gasteiger partial charge in [-0.1, -0.05) is 76.9 Å². The molecule has 4 rings (SSSR count). The molecule has 0 aliphatic rings. The number of benzene rings is 3. The van der Waals surface area contributed by atoms with Crippen molar-refractivity contribution in [1.82, 2.24) is 20.2 Å². The maximum absolute atomic E-state index is 12.3. The van der Waals surface area contributed by atoms with Crippen LogP contribution in [0.4, 0.5) is 0 Å². The molecule has 1 aromatic heterocycles. The van der Waals surface area contributed by atoms with Crippen molar-refractivity contribution in [2.24, 2.45) is 5.10 Å². The SMILES string of the molecule is Cc1ccc(-c2nnc(SCC(=O)NN=Cc3cccc(Cl)c3)n2-c2ccc(Cl)cc2)cc1. The maximum Gasteiger partial charge on any atom is 0.250 e. The predicted molar refractivity (Wildman–Crippen MR) is 134 cm³/mol. The van der Waals surface area contributed by atoms with Crippen molar-refractivity contribution < 1.29 is 4.79 Å². The molecule has 1 amide bonds. The molecule has 0 aliphatic carbocycles. The first kappa shape index (κ1) is 23.0. The summed E-state index contributed by atoms with van der Waals surface area (Å²) in [6.45, 7) is 2.03. The number of hydrazone groups is 1. The highest BCUT2D eigenvalue weighted by Crippen LogP contribution is 2.28. The van der Waals surface area contributed by atoms with Crippen LogP contribution in [0.15, 0.2) is 83.1 Å². The van der Waals surface area contributed by atoms with Crippen LogP contribution in [0.1, 0.15) is 11.1 Å². The number of hydrogen-bond acceptors (Lipinski definition) is 5. The van der Waals surface area contributed by atoms with Crippen LogP contribution in [0.25, 0.3) is 17.1 Å². The third-order valence-electron chi connectivity index (χ3n) is 4.61. The van der Waals surface area contributed by atoms with E-state index in [1.807, 2.05) is 72.2 Å². The zero-order chi connectivity index (χ0) is 23.2. The summed E-state index contributed by atoms with van der Waals surface area (Å²) in [5.41, 5.74) is 6.24. The predicted octanol–water partition coefficient (Wildman–Crippen LogP) is 5.79. The van der Waals surface area contributed by atoms with Crippen LogP contribution in [-0.4, -0.2) is 32.6 Å². The molecule has 33 heavy (non-hydrogen) atoms. The van der Waals surface area contributed by atoms with Gasteiger partial charge in [-0.3, -0.25) is 9.36 Å². The van der Waals surface area contributed by atoms with Gasteiger partial charge in [0.25, 0.3) is 5.91 Å². The van der Waals surface area contributed by atoms with Gasteiger partial charge >= 0.3 is 0 Å². The topological polar surface area (TPSA) is 72.2 Å². The molecular formula is C24H19Cl2N5OS. The van der Waals surface area contributed by atoms with Crippen LogP contribution in [0.2, 0.25) is 10.0 Å². The van der Waals surface area contributed by atoms with Gasteiger partial charge in [-0.2, -0.15) is 5.10 Å². The zero-order valence-electron chi connectivity index (χ0n) is 17.6. The highest BCUT2D eigenvalue weighted by molar-refractivity contribution is 7.99. The van der Waals surface area contributed by atoms with Gasteiger partial charge in [0.15, 0.2) is 11.0 Å². The lowest BCUT2D eigenvalue weighted by Crippen LogP contribution is -2.20. The standard InChI is InChI=1S/C24H19Cl2N5OS/c1-16-5-7-18(8-6-16)23-29-30-24(31(23)21-11-9-19(25)10-12-21)33-15-22(32)28-27-14-17-3-2-4-20(26)13-17/h2-14H,15H2,1H3,(H,28,32). The Labute approximate surface area is 205 Å². The molecule has 0 bridgehead atoms. The van der Waals surface area contributed by atoms with E-state index in [9.17, 15) is 4.79 Å². The molecule has 0 spiro atoms. The highest BCUT2D eigenvalue weighted by atomic mass is 35.5. The van der Waals surface area contributed by atoms with E-state index in [2.05, 4.69) is 20.7 Å². The van der Waals surface area contributed by atoms with Gasteiger partial charge in [-0.25, -0.2) is 5.43 Å². The molecule has 1 N–H and O–H groups in total. The van der Waals surface area contributed by atoms with Gasteiger partial charge in [0.2, 0.25) is 0 Å². The fourth-order valence-electron chi connectivity index (χ4n) is 3.00. The molecule has 0 saturated carbocycles. The van der Waals surface area contributed by atoms with Crippen molar-refractivity contribution >= 4 is 47.1 Å². The fraction of sp³-hybridized carbons (Fsp3) is 0.0833. The second-order valence-corrected chi connectivity index (χ2v) is 8.94. The van der Waals surface area contributed by atoms with Crippen LogP contribution in [0, 0.1) is 6.92 Å². The smallest absolute Gasteiger partial charge is 0.250 e. The van der Waals surface area contributed by atoms with Gasteiger partial charge in [0, 0.05) is 21.3 Å². The lowest BCUT2D eigenvalue weighted by atomic mass is 10.1. The van der Waals surface area contributed by atoms with Gasteiger partial charge in [0.1, 0.15) is 0 Å². The Bertz CT molecular complexity index is 1290. The molecule has 9 heteroatoms. The first-order valence-electron chi connectivity index (χ1n) is 9.98. The second-order valence-electron chi connectivity index (χ2n) is 7.12. The van der Waals surface area contributed by atoms with E-state index in [-0.39, 0.29) is 11.7 Å². The summed E-state index contributed by atoms with van der Waals surface area (Å²) in [6.07, 6.45) is 1.54. The summed E-state index contributed by atoms with van der Waals surface area (Å²) in [4.78, 5) is 12.3. The van der Waals surface area contributed by atoms with Gasteiger partial charge in [-0.15, -0.1) is 10.2 Å². The van der Waals surface area contributed by atoms with Gasteiger partial charge < -0.3 is 0 Å². The van der Waals surface area contributed by atoms with Crippen LogP contribution in [0.5, 0.6) is 0 Å². The van der Waals surface area contributed by atoms with Crippen molar-refractivity contribution in [2.45, 2.75) is 12.1 Å². The van der Waals surface area contributed by atoms with Crippen molar-refractivity contribution in [3.05, 3.63) is 94.0 Å². The maximum atomic E-state index is 12.3. The Morgan fingerprint density at radius 3 is 2.52 bits per heavy atom. The van der Waals surface area contributed by atoms with Crippen molar-refractivity contribution in [1.29, 1.82) is 0 Å². The molecule has 6 nitrogen and oxygen atoms in total. The molecule has 0 fully saturated rings. The second kappa shape index (κ2) is 10.7. The zero-order valence-corrected chi connectivity index (χ0v) is 19.9. The number of aryl methyl sites for hydroxylation is 1. The number of nitrogens with zero attached hydrogens (tertiary/aromatic N) is 4. The minimum atomic E-state index is -0.263. The largest absolute Gasteiger partial charge is 0.272 e. The van der Waals surface area contributed by atoms with Crippen LogP contribution >= 0.6 is 35.0 Å². The fourth-order valence-corrected chi connectivity index (χ4v) is 4.07. The van der Waals surface area contributed by atoms with E-state index in [0.29, 0.717) is 21.0 Å². The summed E-state index contributed by atoms with van der Waals surface area (Å²) >= 11 is 13.3. The molecule has 0 saturated heterocycles. The average Bonchev–Trinajstić information content (AvgIpc) is 3.23. The monoisotopic (exact) mass is 495 g/mol. The molecule has 0 aliphatic heterocycles. The molecule has 0 unspecified atom stereocenters. The van der Waals surface area contributed by atoms with Crippen LogP contribution in [0.3, 0.4) is 0 Å². The summed E-state index contributed by atoms with van der Waals surface area (Å²) in [5, 5.41) is 14.5. The molecule has 1 heterocycles. The molecule has 4 aromatic rings. The summed E-state index contributed by atoms with van der Waals surface area (Å²) in [5.74, 6) is 0.534. The number of thioether (sulfide) groups is 1.